The van der Waals surface area contributed by atoms with Gasteiger partial charge in [-0.3, -0.25) is 4.79 Å². The van der Waals surface area contributed by atoms with Gasteiger partial charge in [0.25, 0.3) is 5.56 Å². The van der Waals surface area contributed by atoms with Gasteiger partial charge in [0.2, 0.25) is 0 Å². The van der Waals surface area contributed by atoms with E-state index in [0.717, 1.165) is 19.3 Å². The molecule has 1 heterocycles. The first-order valence-corrected chi connectivity index (χ1v) is 7.41. The highest BCUT2D eigenvalue weighted by atomic mass is 35.5. The zero-order valence-electron chi connectivity index (χ0n) is 10.9. The highest BCUT2D eigenvalue weighted by Gasteiger charge is 2.21. The second-order valence-corrected chi connectivity index (χ2v) is 5.87. The second-order valence-electron chi connectivity index (χ2n) is 5.08. The van der Waals surface area contributed by atoms with Crippen molar-refractivity contribution in [1.29, 1.82) is 0 Å². The van der Waals surface area contributed by atoms with Gasteiger partial charge in [0.15, 0.2) is 0 Å². The van der Waals surface area contributed by atoms with Gasteiger partial charge in [0.1, 0.15) is 5.02 Å². The van der Waals surface area contributed by atoms with Crippen LogP contribution in [0.2, 0.25) is 10.0 Å². The molecule has 1 aliphatic rings. The maximum absolute atomic E-state index is 12.1. The monoisotopic (exact) mass is 308 g/mol. The van der Waals surface area contributed by atoms with Gasteiger partial charge in [0.05, 0.1) is 17.8 Å². The number of hydrogen-bond acceptors (Lipinski definition) is 2. The maximum Gasteiger partial charge on any atom is 0.287 e. The van der Waals surface area contributed by atoms with Crippen LogP contribution in [-0.4, -0.2) is 9.78 Å². The Morgan fingerprint density at radius 3 is 2.95 bits per heavy atom. The van der Waals surface area contributed by atoms with Crippen LogP contribution in [0.3, 0.4) is 0 Å². The van der Waals surface area contributed by atoms with Crippen LogP contribution in [0.15, 0.2) is 35.3 Å². The van der Waals surface area contributed by atoms with Crippen molar-refractivity contribution in [2.75, 3.05) is 0 Å². The van der Waals surface area contributed by atoms with Crippen molar-refractivity contribution >= 4 is 23.2 Å². The number of fused-ring (bicyclic) bond motifs is 1. The summed E-state index contributed by atoms with van der Waals surface area (Å²) in [6, 6.07) is 8.40. The Bertz CT molecular complexity index is 697. The Balaban J connectivity index is 1.94. The van der Waals surface area contributed by atoms with Crippen molar-refractivity contribution in [3.63, 3.8) is 0 Å². The van der Waals surface area contributed by atoms with Gasteiger partial charge < -0.3 is 0 Å². The molecule has 1 aromatic heterocycles. The van der Waals surface area contributed by atoms with Crippen molar-refractivity contribution in [3.05, 3.63) is 62.0 Å². The van der Waals surface area contributed by atoms with E-state index in [0.29, 0.717) is 12.5 Å². The molecule has 2 aromatic rings. The van der Waals surface area contributed by atoms with E-state index in [1.807, 2.05) is 6.07 Å². The molecule has 0 fully saturated rings. The van der Waals surface area contributed by atoms with Crippen molar-refractivity contribution in [2.24, 2.45) is 0 Å². The molecule has 5 heteroatoms. The lowest BCUT2D eigenvalue weighted by atomic mass is 9.83. The molecule has 0 bridgehead atoms. The van der Waals surface area contributed by atoms with E-state index >= 15 is 0 Å². The lowest BCUT2D eigenvalue weighted by Gasteiger charge is -2.25. The average Bonchev–Trinajstić information content (AvgIpc) is 2.48. The molecule has 3 rings (SSSR count). The molecule has 104 valence electrons. The Hall–Kier alpha value is -1.32. The quantitative estimate of drug-likeness (QED) is 0.848. The first-order chi connectivity index (χ1) is 9.66. The third kappa shape index (κ3) is 2.48. The molecule has 20 heavy (non-hydrogen) atoms. The molecule has 0 saturated carbocycles. The molecule has 0 radical (unpaired) electrons. The Morgan fingerprint density at radius 1 is 1.30 bits per heavy atom. The Morgan fingerprint density at radius 2 is 2.10 bits per heavy atom. The third-order valence-corrected chi connectivity index (χ3v) is 4.58. The van der Waals surface area contributed by atoms with E-state index in [9.17, 15) is 4.79 Å². The summed E-state index contributed by atoms with van der Waals surface area (Å²) in [5.74, 6) is 0.308. The van der Waals surface area contributed by atoms with Crippen molar-refractivity contribution in [3.8, 4) is 0 Å². The van der Waals surface area contributed by atoms with E-state index in [-0.39, 0.29) is 15.6 Å². The minimum absolute atomic E-state index is 0.0470. The predicted octanol–water partition coefficient (Wildman–Crippen LogP) is 3.67. The molecule has 0 spiro atoms. The van der Waals surface area contributed by atoms with Crippen LogP contribution in [0.1, 0.15) is 29.9 Å². The van der Waals surface area contributed by atoms with E-state index in [2.05, 4.69) is 23.3 Å². The highest BCUT2D eigenvalue weighted by molar-refractivity contribution is 6.41. The number of benzene rings is 1. The number of aromatic nitrogens is 2. The predicted molar refractivity (Wildman–Crippen MR) is 80.6 cm³/mol. The van der Waals surface area contributed by atoms with Crippen LogP contribution in [0.25, 0.3) is 0 Å². The van der Waals surface area contributed by atoms with Crippen molar-refractivity contribution in [1.82, 2.24) is 9.78 Å². The average molecular weight is 309 g/mol. The van der Waals surface area contributed by atoms with Crippen molar-refractivity contribution < 1.29 is 0 Å². The van der Waals surface area contributed by atoms with Crippen LogP contribution in [0.4, 0.5) is 0 Å². The van der Waals surface area contributed by atoms with Crippen LogP contribution in [0.5, 0.6) is 0 Å². The first-order valence-electron chi connectivity index (χ1n) is 6.65. The summed E-state index contributed by atoms with van der Waals surface area (Å²) in [7, 11) is 0. The summed E-state index contributed by atoms with van der Waals surface area (Å²) >= 11 is 11.7. The van der Waals surface area contributed by atoms with Crippen molar-refractivity contribution in [2.45, 2.75) is 31.7 Å². The van der Waals surface area contributed by atoms with Gasteiger partial charge in [-0.15, -0.1) is 0 Å². The molecule has 0 saturated heterocycles. The lowest BCUT2D eigenvalue weighted by molar-refractivity contribution is 0.443. The number of nitrogens with zero attached hydrogens (tertiary/aromatic N) is 2. The van der Waals surface area contributed by atoms with E-state index in [4.69, 9.17) is 23.2 Å². The molecular formula is C15H14Cl2N2O. The van der Waals surface area contributed by atoms with Gasteiger partial charge in [0, 0.05) is 5.92 Å². The maximum atomic E-state index is 12.1. The SMILES string of the molecule is O=c1c(Cl)c(Cl)cnn1CC1CCCc2ccccc21. The standard InChI is InChI=1S/C15H14Cl2N2O/c16-13-8-18-19(15(20)14(13)17)9-11-6-3-5-10-4-1-2-7-12(10)11/h1-2,4,7-8,11H,3,5-6,9H2. The van der Waals surface area contributed by atoms with E-state index < -0.39 is 0 Å². The number of rotatable bonds is 2. The second kappa shape index (κ2) is 5.58. The smallest absolute Gasteiger partial charge is 0.266 e. The largest absolute Gasteiger partial charge is 0.287 e. The lowest BCUT2D eigenvalue weighted by Crippen LogP contribution is -2.27. The van der Waals surface area contributed by atoms with Crippen LogP contribution >= 0.6 is 23.2 Å². The summed E-state index contributed by atoms with van der Waals surface area (Å²) in [5, 5.41) is 4.35. The van der Waals surface area contributed by atoms with E-state index in [1.165, 1.54) is 22.0 Å². The minimum atomic E-state index is -0.317. The molecule has 0 amide bonds. The molecule has 1 aromatic carbocycles. The molecule has 0 N–H and O–H groups in total. The van der Waals surface area contributed by atoms with Crippen LogP contribution < -0.4 is 5.56 Å². The van der Waals surface area contributed by atoms with Gasteiger partial charge >= 0.3 is 0 Å². The molecule has 1 atom stereocenters. The zero-order valence-corrected chi connectivity index (χ0v) is 12.4. The van der Waals surface area contributed by atoms with Crippen LogP contribution in [0, 0.1) is 0 Å². The van der Waals surface area contributed by atoms with E-state index in [1.54, 1.807) is 0 Å². The molecule has 1 aliphatic carbocycles. The topological polar surface area (TPSA) is 34.9 Å². The van der Waals surface area contributed by atoms with Gasteiger partial charge in [-0.2, -0.15) is 5.10 Å². The summed E-state index contributed by atoms with van der Waals surface area (Å²) < 4.78 is 1.42. The van der Waals surface area contributed by atoms with Gasteiger partial charge in [-0.25, -0.2) is 4.68 Å². The summed E-state index contributed by atoms with van der Waals surface area (Å²) in [6.07, 6.45) is 4.74. The summed E-state index contributed by atoms with van der Waals surface area (Å²) in [6.45, 7) is 0.548. The molecule has 3 nitrogen and oxygen atoms in total. The zero-order chi connectivity index (χ0) is 14.1. The summed E-state index contributed by atoms with van der Waals surface area (Å²) in [4.78, 5) is 12.1. The van der Waals surface area contributed by atoms with Gasteiger partial charge in [-0.05, 0) is 30.4 Å². The Kier molecular flexibility index (Phi) is 3.81. The van der Waals surface area contributed by atoms with Gasteiger partial charge in [-0.1, -0.05) is 47.5 Å². The highest BCUT2D eigenvalue weighted by Crippen LogP contribution is 2.32. The van der Waals surface area contributed by atoms with Crippen LogP contribution in [-0.2, 0) is 13.0 Å². The Labute approximate surface area is 127 Å². The fourth-order valence-corrected chi connectivity index (χ4v) is 3.10. The number of halogens is 2. The number of hydrogen-bond donors (Lipinski definition) is 0. The molecule has 1 unspecified atom stereocenters. The first kappa shape index (κ1) is 13.7. The minimum Gasteiger partial charge on any atom is -0.266 e. The number of aryl methyl sites for hydroxylation is 1. The fourth-order valence-electron chi connectivity index (χ4n) is 2.83. The molecule has 0 aliphatic heterocycles. The summed E-state index contributed by atoms with van der Waals surface area (Å²) in [5.41, 5.74) is 2.37. The third-order valence-electron chi connectivity index (χ3n) is 3.83. The normalized spacial score (nSPS) is 17.8. The fraction of sp³-hybridized carbons (Fsp3) is 0.333. The molecular weight excluding hydrogens is 295 g/mol.